The first-order chi connectivity index (χ1) is 17.3. The number of aliphatic hydroxyl groups excluding tert-OH is 1. The Bertz CT molecular complexity index is 1540. The lowest BCUT2D eigenvalue weighted by molar-refractivity contribution is -0.132. The van der Waals surface area contributed by atoms with Crippen molar-refractivity contribution >= 4 is 44.7 Å². The zero-order chi connectivity index (χ0) is 25.6. The average Bonchev–Trinajstić information content (AvgIpc) is 3.37. The van der Waals surface area contributed by atoms with Crippen molar-refractivity contribution in [2.45, 2.75) is 19.9 Å². The molecule has 1 atom stereocenters. The number of carbonyl (C=O) groups is 2. The minimum Gasteiger partial charge on any atom is -0.507 e. The van der Waals surface area contributed by atoms with Gasteiger partial charge in [-0.3, -0.25) is 14.5 Å². The second-order valence-electron chi connectivity index (χ2n) is 8.51. The lowest BCUT2D eigenvalue weighted by atomic mass is 9.94. The second-order valence-corrected chi connectivity index (χ2v) is 9.69. The quantitative estimate of drug-likeness (QED) is 0.219. The normalized spacial score (nSPS) is 17.1. The van der Waals surface area contributed by atoms with Crippen LogP contribution in [0.2, 0.25) is 0 Å². The van der Waals surface area contributed by atoms with Crippen LogP contribution in [0, 0.1) is 13.8 Å². The van der Waals surface area contributed by atoms with Gasteiger partial charge in [0.25, 0.3) is 5.78 Å². The molecule has 182 valence electrons. The summed E-state index contributed by atoms with van der Waals surface area (Å²) >= 11 is 1.34. The van der Waals surface area contributed by atoms with Gasteiger partial charge >= 0.3 is 5.91 Å². The van der Waals surface area contributed by atoms with Crippen molar-refractivity contribution in [2.75, 3.05) is 19.1 Å². The van der Waals surface area contributed by atoms with Gasteiger partial charge < -0.3 is 14.6 Å². The van der Waals surface area contributed by atoms with Crippen molar-refractivity contribution in [1.29, 1.82) is 0 Å². The van der Waals surface area contributed by atoms with Crippen LogP contribution in [0.1, 0.15) is 27.7 Å². The zero-order valence-electron chi connectivity index (χ0n) is 20.2. The monoisotopic (exact) mass is 500 g/mol. The number of aliphatic hydroxyl groups is 1. The Labute approximate surface area is 212 Å². The lowest BCUT2D eigenvalue weighted by Crippen LogP contribution is -2.29. The summed E-state index contributed by atoms with van der Waals surface area (Å²) in [5.74, 6) is -0.447. The van der Waals surface area contributed by atoms with Crippen LogP contribution in [0.25, 0.3) is 16.5 Å². The summed E-state index contributed by atoms with van der Waals surface area (Å²) < 4.78 is 10.7. The molecule has 1 N–H and O–H groups in total. The van der Waals surface area contributed by atoms with Crippen molar-refractivity contribution in [3.05, 3.63) is 87.9 Å². The highest BCUT2D eigenvalue weighted by atomic mass is 32.1. The molecule has 0 aliphatic carbocycles. The molecule has 1 amide bonds. The molecule has 1 fully saturated rings. The Morgan fingerprint density at radius 1 is 0.944 bits per heavy atom. The number of aryl methyl sites for hydroxylation is 2. The fourth-order valence-corrected chi connectivity index (χ4v) is 5.31. The van der Waals surface area contributed by atoms with Crippen LogP contribution in [0.15, 0.2) is 66.2 Å². The highest BCUT2D eigenvalue weighted by Gasteiger charge is 2.48. The van der Waals surface area contributed by atoms with E-state index in [1.807, 2.05) is 38.1 Å². The third-order valence-electron chi connectivity index (χ3n) is 6.40. The molecule has 1 unspecified atom stereocenters. The number of Topliss-reactive ketones (excluding diaryl/α,β-unsaturated/α-hetero) is 1. The summed E-state index contributed by atoms with van der Waals surface area (Å²) in [7, 11) is 3.15. The third-order valence-corrected chi connectivity index (χ3v) is 7.47. The van der Waals surface area contributed by atoms with E-state index in [2.05, 4.69) is 4.98 Å². The van der Waals surface area contributed by atoms with E-state index in [1.165, 1.54) is 16.2 Å². The Morgan fingerprint density at radius 3 is 2.33 bits per heavy atom. The molecule has 7 nitrogen and oxygen atoms in total. The van der Waals surface area contributed by atoms with Gasteiger partial charge in [0.15, 0.2) is 5.13 Å². The number of aromatic nitrogens is 1. The van der Waals surface area contributed by atoms with Crippen molar-refractivity contribution < 1.29 is 24.2 Å². The minimum absolute atomic E-state index is 0.00613. The van der Waals surface area contributed by atoms with Crippen molar-refractivity contribution in [3.63, 3.8) is 0 Å². The summed E-state index contributed by atoms with van der Waals surface area (Å²) in [4.78, 5) is 33.6. The molecule has 2 heterocycles. The number of carbonyl (C=O) groups excluding carboxylic acids is 2. The van der Waals surface area contributed by atoms with Crippen molar-refractivity contribution in [2.24, 2.45) is 0 Å². The standard InChI is InChI=1S/C28H24N2O5S/c1-15-16(2)36-28(29-15)30-24(19-6-5-7-21(14-19)34-3)23(26(32)27(30)33)25(31)20-9-8-18-13-22(35-4)11-10-17(18)12-20/h5-14,24,31H,1-4H3/b25-23+. The molecule has 0 saturated carbocycles. The number of benzene rings is 3. The summed E-state index contributed by atoms with van der Waals surface area (Å²) in [5, 5.41) is 13.6. The predicted molar refractivity (Wildman–Crippen MR) is 140 cm³/mol. The number of thiazole rings is 1. The maximum atomic E-state index is 13.4. The van der Waals surface area contributed by atoms with Crippen LogP contribution in [-0.4, -0.2) is 36.0 Å². The van der Waals surface area contributed by atoms with Crippen LogP contribution in [0.4, 0.5) is 5.13 Å². The van der Waals surface area contributed by atoms with Gasteiger partial charge in [0.1, 0.15) is 17.3 Å². The average molecular weight is 501 g/mol. The molecule has 0 bridgehead atoms. The van der Waals surface area contributed by atoms with Crippen LogP contribution >= 0.6 is 11.3 Å². The minimum atomic E-state index is -0.864. The van der Waals surface area contributed by atoms with Crippen LogP contribution in [-0.2, 0) is 9.59 Å². The van der Waals surface area contributed by atoms with Gasteiger partial charge in [-0.15, -0.1) is 11.3 Å². The zero-order valence-corrected chi connectivity index (χ0v) is 21.1. The number of hydrogen-bond donors (Lipinski definition) is 1. The first kappa shape index (κ1) is 23.6. The van der Waals surface area contributed by atoms with Crippen LogP contribution < -0.4 is 14.4 Å². The number of fused-ring (bicyclic) bond motifs is 1. The van der Waals surface area contributed by atoms with Gasteiger partial charge in [-0.05, 0) is 60.5 Å². The van der Waals surface area contributed by atoms with Gasteiger partial charge in [-0.25, -0.2) is 4.98 Å². The van der Waals surface area contributed by atoms with E-state index >= 15 is 0 Å². The fourth-order valence-electron chi connectivity index (χ4n) is 4.37. The van der Waals surface area contributed by atoms with E-state index in [9.17, 15) is 14.7 Å². The third kappa shape index (κ3) is 3.89. The van der Waals surface area contributed by atoms with Gasteiger partial charge in [-0.2, -0.15) is 0 Å². The summed E-state index contributed by atoms with van der Waals surface area (Å²) in [5.41, 5.74) is 1.86. The SMILES string of the molecule is COc1cccc(C2/C(=C(\O)c3ccc4cc(OC)ccc4c3)C(=O)C(=O)N2c2nc(C)c(C)s2)c1. The molecule has 3 aromatic carbocycles. The number of rotatable bonds is 5. The first-order valence-electron chi connectivity index (χ1n) is 11.3. The van der Waals surface area contributed by atoms with Gasteiger partial charge in [0, 0.05) is 10.4 Å². The number of methoxy groups -OCH3 is 2. The highest BCUT2D eigenvalue weighted by Crippen LogP contribution is 2.44. The van der Waals surface area contributed by atoms with E-state index in [1.54, 1.807) is 50.6 Å². The molecule has 1 aromatic heterocycles. The molecular weight excluding hydrogens is 476 g/mol. The molecule has 1 aliphatic heterocycles. The lowest BCUT2D eigenvalue weighted by Gasteiger charge is -2.23. The molecule has 36 heavy (non-hydrogen) atoms. The fraction of sp³-hybridized carbons (Fsp3) is 0.179. The van der Waals surface area contributed by atoms with Crippen molar-refractivity contribution in [1.82, 2.24) is 4.98 Å². The van der Waals surface area contributed by atoms with E-state index in [-0.39, 0.29) is 11.3 Å². The summed E-state index contributed by atoms with van der Waals surface area (Å²) in [6.45, 7) is 3.77. The smallest absolute Gasteiger partial charge is 0.301 e. The van der Waals surface area contributed by atoms with Crippen LogP contribution in [0.5, 0.6) is 11.5 Å². The number of hydrogen-bond acceptors (Lipinski definition) is 7. The Morgan fingerprint density at radius 2 is 1.64 bits per heavy atom. The van der Waals surface area contributed by atoms with Gasteiger partial charge in [-0.1, -0.05) is 30.3 Å². The number of anilines is 1. The Balaban J connectivity index is 1.71. The summed E-state index contributed by atoms with van der Waals surface area (Å²) in [6, 6.07) is 17.2. The first-order valence-corrected chi connectivity index (χ1v) is 12.1. The van der Waals surface area contributed by atoms with E-state index in [4.69, 9.17) is 9.47 Å². The molecule has 4 aromatic rings. The number of nitrogens with zero attached hydrogens (tertiary/aromatic N) is 2. The van der Waals surface area contributed by atoms with Crippen LogP contribution in [0.3, 0.4) is 0 Å². The molecule has 0 radical (unpaired) electrons. The maximum absolute atomic E-state index is 13.4. The van der Waals surface area contributed by atoms with Crippen molar-refractivity contribution in [3.8, 4) is 11.5 Å². The molecule has 1 aliphatic rings. The number of ketones is 1. The van der Waals surface area contributed by atoms with Gasteiger partial charge in [0.2, 0.25) is 0 Å². The second kappa shape index (κ2) is 9.13. The number of amides is 1. The Hall–Kier alpha value is -4.17. The summed E-state index contributed by atoms with van der Waals surface area (Å²) in [6.07, 6.45) is 0. The Kier molecular flexibility index (Phi) is 5.97. The molecule has 5 rings (SSSR count). The van der Waals surface area contributed by atoms with E-state index in [0.717, 1.165) is 27.1 Å². The van der Waals surface area contributed by atoms with Gasteiger partial charge in [0.05, 0.1) is 31.5 Å². The largest absolute Gasteiger partial charge is 0.507 e. The molecule has 0 spiro atoms. The highest BCUT2D eigenvalue weighted by molar-refractivity contribution is 7.16. The number of ether oxygens (including phenoxy) is 2. The molecule has 1 saturated heterocycles. The predicted octanol–water partition coefficient (Wildman–Crippen LogP) is 5.56. The molecular formula is C28H24N2O5S. The molecule has 8 heteroatoms. The van der Waals surface area contributed by atoms with E-state index in [0.29, 0.717) is 22.0 Å². The van der Waals surface area contributed by atoms with E-state index < -0.39 is 17.7 Å². The maximum Gasteiger partial charge on any atom is 0.301 e. The topological polar surface area (TPSA) is 89.0 Å².